The maximum atomic E-state index is 9.76. The highest BCUT2D eigenvalue weighted by molar-refractivity contribution is 6.29. The molecule has 1 heterocycles. The highest BCUT2D eigenvalue weighted by atomic mass is 16.6. The van der Waals surface area contributed by atoms with Crippen LogP contribution in [-0.4, -0.2) is 23.1 Å². The van der Waals surface area contributed by atoms with Crippen molar-refractivity contribution in [3.63, 3.8) is 0 Å². The standard InChI is InChI=1S/C11H18BO4/c1-7(2)10(13)8-5-6-9(15-8)16-11(3,4)12-14/h5-7,10,13-14H,1-4H3. The molecule has 1 unspecified atom stereocenters. The summed E-state index contributed by atoms with van der Waals surface area (Å²) in [6, 6.07) is 3.31. The minimum Gasteiger partial charge on any atom is -0.465 e. The molecular formula is C11H18BO4. The summed E-state index contributed by atoms with van der Waals surface area (Å²) in [5.41, 5.74) is -0.808. The molecule has 1 rings (SSSR count). The van der Waals surface area contributed by atoms with Crippen LogP contribution < -0.4 is 4.74 Å². The van der Waals surface area contributed by atoms with Crippen molar-refractivity contribution < 1.29 is 19.3 Å². The van der Waals surface area contributed by atoms with E-state index < -0.39 is 11.6 Å². The molecule has 4 nitrogen and oxygen atoms in total. The van der Waals surface area contributed by atoms with Crippen molar-refractivity contribution in [2.24, 2.45) is 5.92 Å². The predicted molar refractivity (Wildman–Crippen MR) is 61.2 cm³/mol. The molecule has 1 aromatic rings. The molecule has 0 spiro atoms. The van der Waals surface area contributed by atoms with Crippen LogP contribution in [0.4, 0.5) is 0 Å². The molecule has 0 fully saturated rings. The average molecular weight is 225 g/mol. The summed E-state index contributed by atoms with van der Waals surface area (Å²) in [5.74, 6) is 0.833. The molecule has 0 aliphatic rings. The van der Waals surface area contributed by atoms with E-state index in [-0.39, 0.29) is 11.9 Å². The highest BCUT2D eigenvalue weighted by Gasteiger charge is 2.24. The Morgan fingerprint density at radius 3 is 2.50 bits per heavy atom. The lowest BCUT2D eigenvalue weighted by molar-refractivity contribution is 0.0842. The molecule has 1 radical (unpaired) electrons. The number of hydrogen-bond donors (Lipinski definition) is 2. The van der Waals surface area contributed by atoms with Crippen LogP contribution in [0.25, 0.3) is 0 Å². The van der Waals surface area contributed by atoms with Gasteiger partial charge in [-0.15, -0.1) is 0 Å². The van der Waals surface area contributed by atoms with Gasteiger partial charge in [-0.25, -0.2) is 0 Å². The average Bonchev–Trinajstić information content (AvgIpc) is 2.64. The molecule has 0 amide bonds. The SMILES string of the molecule is CC(C)C(O)c1ccc(OC(C)(C)[B]O)o1. The molecule has 1 atom stereocenters. The Balaban J connectivity index is 2.72. The van der Waals surface area contributed by atoms with E-state index in [0.29, 0.717) is 5.76 Å². The van der Waals surface area contributed by atoms with Crippen molar-refractivity contribution >= 4 is 7.48 Å². The predicted octanol–water partition coefficient (Wildman–Crippen LogP) is 1.70. The third-order valence-electron chi connectivity index (χ3n) is 2.20. The fraction of sp³-hybridized carbons (Fsp3) is 0.636. The lowest BCUT2D eigenvalue weighted by Crippen LogP contribution is -2.35. The summed E-state index contributed by atoms with van der Waals surface area (Å²) in [6.45, 7) is 7.21. The Labute approximate surface area is 96.5 Å². The zero-order valence-electron chi connectivity index (χ0n) is 10.1. The summed E-state index contributed by atoms with van der Waals surface area (Å²) >= 11 is 0. The van der Waals surface area contributed by atoms with Gasteiger partial charge in [0.1, 0.15) is 17.4 Å². The fourth-order valence-electron chi connectivity index (χ4n) is 1.16. The van der Waals surface area contributed by atoms with Gasteiger partial charge >= 0.3 is 7.48 Å². The minimum absolute atomic E-state index is 0.0800. The van der Waals surface area contributed by atoms with Crippen molar-refractivity contribution in [3.8, 4) is 5.95 Å². The van der Waals surface area contributed by atoms with Gasteiger partial charge < -0.3 is 19.3 Å². The van der Waals surface area contributed by atoms with Crippen LogP contribution in [0.5, 0.6) is 5.95 Å². The second-order valence-corrected chi connectivity index (χ2v) is 4.68. The van der Waals surface area contributed by atoms with Crippen LogP contribution in [0.15, 0.2) is 16.5 Å². The van der Waals surface area contributed by atoms with Crippen LogP contribution in [0.3, 0.4) is 0 Å². The molecule has 0 saturated heterocycles. The van der Waals surface area contributed by atoms with E-state index in [2.05, 4.69) is 0 Å². The molecule has 0 aliphatic heterocycles. The summed E-state index contributed by atoms with van der Waals surface area (Å²) in [6.07, 6.45) is -0.640. The zero-order valence-corrected chi connectivity index (χ0v) is 10.1. The van der Waals surface area contributed by atoms with Gasteiger partial charge in [0.15, 0.2) is 0 Å². The summed E-state index contributed by atoms with van der Waals surface area (Å²) in [4.78, 5) is 0. The Morgan fingerprint density at radius 1 is 1.38 bits per heavy atom. The van der Waals surface area contributed by atoms with Gasteiger partial charge in [-0.2, -0.15) is 0 Å². The largest absolute Gasteiger partial charge is 0.465 e. The Hall–Kier alpha value is -0.935. The number of hydrogen-bond acceptors (Lipinski definition) is 4. The number of aliphatic hydroxyl groups excluding tert-OH is 1. The van der Waals surface area contributed by atoms with Gasteiger partial charge in [-0.05, 0) is 25.8 Å². The number of rotatable bonds is 5. The van der Waals surface area contributed by atoms with Crippen molar-refractivity contribution in [3.05, 3.63) is 17.9 Å². The van der Waals surface area contributed by atoms with Crippen LogP contribution >= 0.6 is 0 Å². The molecular weight excluding hydrogens is 207 g/mol. The zero-order chi connectivity index (χ0) is 12.3. The third-order valence-corrected chi connectivity index (χ3v) is 2.20. The molecule has 0 aliphatic carbocycles. The third kappa shape index (κ3) is 3.28. The molecule has 89 valence electrons. The Morgan fingerprint density at radius 2 is 2.00 bits per heavy atom. The van der Waals surface area contributed by atoms with Crippen molar-refractivity contribution in [2.45, 2.75) is 39.3 Å². The van der Waals surface area contributed by atoms with Crippen LogP contribution in [0.1, 0.15) is 39.6 Å². The highest BCUT2D eigenvalue weighted by Crippen LogP contribution is 2.28. The van der Waals surface area contributed by atoms with Gasteiger partial charge in [0.05, 0.1) is 0 Å². The first kappa shape index (κ1) is 13.1. The molecule has 5 heteroatoms. The summed E-state index contributed by atoms with van der Waals surface area (Å²) in [7, 11) is 0.952. The van der Waals surface area contributed by atoms with Gasteiger partial charge in [-0.3, -0.25) is 0 Å². The summed E-state index contributed by atoms with van der Waals surface area (Å²) in [5, 5.41) is 18.7. The quantitative estimate of drug-likeness (QED) is 0.748. The monoisotopic (exact) mass is 225 g/mol. The molecule has 0 aromatic carbocycles. The molecule has 16 heavy (non-hydrogen) atoms. The normalized spacial score (nSPS) is 13.9. The van der Waals surface area contributed by atoms with Crippen molar-refractivity contribution in [1.82, 2.24) is 0 Å². The second kappa shape index (κ2) is 4.93. The van der Waals surface area contributed by atoms with E-state index in [1.165, 1.54) is 0 Å². The molecule has 0 saturated carbocycles. The molecule has 1 aromatic heterocycles. The maximum Gasteiger partial charge on any atom is 0.339 e. The number of aliphatic hydroxyl groups is 1. The molecule has 2 N–H and O–H groups in total. The summed E-state index contributed by atoms with van der Waals surface area (Å²) < 4.78 is 10.7. The van der Waals surface area contributed by atoms with Crippen molar-refractivity contribution in [2.75, 3.05) is 0 Å². The maximum absolute atomic E-state index is 9.76. The van der Waals surface area contributed by atoms with E-state index >= 15 is 0 Å². The van der Waals surface area contributed by atoms with E-state index in [0.717, 1.165) is 7.48 Å². The van der Waals surface area contributed by atoms with E-state index in [4.69, 9.17) is 14.2 Å². The smallest absolute Gasteiger partial charge is 0.339 e. The van der Waals surface area contributed by atoms with Gasteiger partial charge in [0, 0.05) is 6.07 Å². The Bertz CT molecular complexity index is 332. The second-order valence-electron chi connectivity index (χ2n) is 4.68. The number of furan rings is 1. The molecule has 0 bridgehead atoms. The van der Waals surface area contributed by atoms with Gasteiger partial charge in [0.25, 0.3) is 5.95 Å². The number of ether oxygens (including phenoxy) is 1. The lowest BCUT2D eigenvalue weighted by atomic mass is 9.78. The van der Waals surface area contributed by atoms with Crippen molar-refractivity contribution in [1.29, 1.82) is 0 Å². The van der Waals surface area contributed by atoms with Gasteiger partial charge in [0.2, 0.25) is 0 Å². The van der Waals surface area contributed by atoms with Crippen LogP contribution in [0.2, 0.25) is 0 Å². The first-order valence-corrected chi connectivity index (χ1v) is 5.31. The first-order valence-electron chi connectivity index (χ1n) is 5.31. The topological polar surface area (TPSA) is 62.8 Å². The first-order chi connectivity index (χ1) is 7.35. The van der Waals surface area contributed by atoms with Gasteiger partial charge in [-0.1, -0.05) is 13.8 Å². The van der Waals surface area contributed by atoms with E-state index in [9.17, 15) is 5.11 Å². The Kier molecular flexibility index (Phi) is 4.05. The van der Waals surface area contributed by atoms with Crippen LogP contribution in [0, 0.1) is 5.92 Å². The fourth-order valence-corrected chi connectivity index (χ4v) is 1.16. The van der Waals surface area contributed by atoms with E-state index in [1.807, 2.05) is 13.8 Å². The van der Waals surface area contributed by atoms with Crippen LogP contribution in [-0.2, 0) is 0 Å². The minimum atomic E-state index is -0.808. The van der Waals surface area contributed by atoms with E-state index in [1.54, 1.807) is 26.0 Å². The lowest BCUT2D eigenvalue weighted by Gasteiger charge is -2.20.